The Morgan fingerprint density at radius 3 is 2.50 bits per heavy atom. The van der Waals surface area contributed by atoms with E-state index in [4.69, 9.17) is 9.47 Å². The van der Waals surface area contributed by atoms with Crippen LogP contribution in [0, 0.1) is 6.92 Å². The Labute approximate surface area is 187 Å². The molecule has 1 aliphatic heterocycles. The van der Waals surface area contributed by atoms with Gasteiger partial charge in [-0.2, -0.15) is 0 Å². The van der Waals surface area contributed by atoms with Crippen LogP contribution in [-0.2, 0) is 11.3 Å². The van der Waals surface area contributed by atoms with Gasteiger partial charge in [0.05, 0.1) is 6.10 Å². The van der Waals surface area contributed by atoms with Gasteiger partial charge in [0.15, 0.2) is 5.96 Å². The second-order valence-corrected chi connectivity index (χ2v) is 7.79. The van der Waals surface area contributed by atoms with Gasteiger partial charge in [0, 0.05) is 44.5 Å². The standard InChI is InChI=1S/C21H36N4O2.HI/c1-16(2)27-19-13-17(3)7-8-18(19)14-23-20(22-4)24-15-21(25(5)6)9-11-26-12-10-21;/h7-8,13,16H,9-12,14-15H2,1-6H3,(H2,22,23,24);1H. The first-order valence-electron chi connectivity index (χ1n) is 9.82. The summed E-state index contributed by atoms with van der Waals surface area (Å²) >= 11 is 0. The van der Waals surface area contributed by atoms with Crippen molar-refractivity contribution in [2.45, 2.75) is 51.8 Å². The molecule has 0 aliphatic carbocycles. The Hall–Kier alpha value is -1.06. The summed E-state index contributed by atoms with van der Waals surface area (Å²) in [5.41, 5.74) is 2.43. The summed E-state index contributed by atoms with van der Waals surface area (Å²) < 4.78 is 11.5. The number of nitrogens with zero attached hydrogens (tertiary/aromatic N) is 2. The molecular weight excluding hydrogens is 467 g/mol. The average Bonchev–Trinajstić information content (AvgIpc) is 2.63. The van der Waals surface area contributed by atoms with E-state index >= 15 is 0 Å². The van der Waals surface area contributed by atoms with E-state index in [-0.39, 0.29) is 35.6 Å². The summed E-state index contributed by atoms with van der Waals surface area (Å²) in [6.07, 6.45) is 2.19. The maximum atomic E-state index is 5.97. The van der Waals surface area contributed by atoms with E-state index in [1.807, 2.05) is 7.05 Å². The van der Waals surface area contributed by atoms with Crippen molar-refractivity contribution in [3.05, 3.63) is 29.3 Å². The number of halogens is 1. The number of likely N-dealkylation sites (N-methyl/N-ethyl adjacent to an activating group) is 1. The number of hydrogen-bond donors (Lipinski definition) is 2. The molecule has 2 N–H and O–H groups in total. The van der Waals surface area contributed by atoms with Crippen molar-refractivity contribution < 1.29 is 9.47 Å². The lowest BCUT2D eigenvalue weighted by Crippen LogP contribution is -2.57. The van der Waals surface area contributed by atoms with Gasteiger partial charge in [0.2, 0.25) is 0 Å². The van der Waals surface area contributed by atoms with Crippen LogP contribution in [0.15, 0.2) is 23.2 Å². The second kappa shape index (κ2) is 11.8. The van der Waals surface area contributed by atoms with E-state index in [0.717, 1.165) is 49.9 Å². The summed E-state index contributed by atoms with van der Waals surface area (Å²) in [5, 5.41) is 6.93. The average molecular weight is 504 g/mol. The van der Waals surface area contributed by atoms with E-state index < -0.39 is 0 Å². The lowest BCUT2D eigenvalue weighted by molar-refractivity contribution is -0.00501. The topological polar surface area (TPSA) is 58.1 Å². The molecule has 1 fully saturated rings. The number of benzene rings is 1. The van der Waals surface area contributed by atoms with Crippen molar-refractivity contribution in [3.8, 4) is 5.75 Å². The van der Waals surface area contributed by atoms with Crippen molar-refractivity contribution in [2.24, 2.45) is 4.99 Å². The zero-order chi connectivity index (χ0) is 19.9. The molecule has 0 amide bonds. The molecule has 28 heavy (non-hydrogen) atoms. The van der Waals surface area contributed by atoms with E-state index in [1.165, 1.54) is 5.56 Å². The van der Waals surface area contributed by atoms with Gasteiger partial charge in [-0.1, -0.05) is 12.1 Å². The molecule has 6 nitrogen and oxygen atoms in total. The van der Waals surface area contributed by atoms with E-state index in [2.05, 4.69) is 73.6 Å². The van der Waals surface area contributed by atoms with Gasteiger partial charge >= 0.3 is 0 Å². The van der Waals surface area contributed by atoms with Crippen LogP contribution in [0.5, 0.6) is 5.75 Å². The third-order valence-electron chi connectivity index (χ3n) is 5.21. The summed E-state index contributed by atoms with van der Waals surface area (Å²) in [4.78, 5) is 6.70. The highest BCUT2D eigenvalue weighted by Gasteiger charge is 2.34. The quantitative estimate of drug-likeness (QED) is 0.340. The molecule has 1 heterocycles. The first-order chi connectivity index (χ1) is 12.9. The Kier molecular flexibility index (Phi) is 10.5. The van der Waals surface area contributed by atoms with Crippen molar-refractivity contribution in [3.63, 3.8) is 0 Å². The van der Waals surface area contributed by atoms with E-state index in [1.54, 1.807) is 0 Å². The second-order valence-electron chi connectivity index (χ2n) is 7.79. The molecule has 0 radical (unpaired) electrons. The molecule has 0 spiro atoms. The van der Waals surface area contributed by atoms with Gasteiger partial charge in [0.25, 0.3) is 0 Å². The number of hydrogen-bond acceptors (Lipinski definition) is 4. The Morgan fingerprint density at radius 2 is 1.93 bits per heavy atom. The lowest BCUT2D eigenvalue weighted by atomic mass is 9.88. The maximum Gasteiger partial charge on any atom is 0.191 e. The number of aliphatic imine (C=N–C) groups is 1. The van der Waals surface area contributed by atoms with Crippen molar-refractivity contribution >= 4 is 29.9 Å². The minimum Gasteiger partial charge on any atom is -0.491 e. The minimum atomic E-state index is 0. The molecule has 0 unspecified atom stereocenters. The summed E-state index contributed by atoms with van der Waals surface area (Å²) in [6.45, 7) is 9.31. The zero-order valence-electron chi connectivity index (χ0n) is 18.2. The van der Waals surface area contributed by atoms with Gasteiger partial charge in [-0.05, 0) is 59.3 Å². The number of guanidine groups is 1. The molecule has 7 heteroatoms. The Morgan fingerprint density at radius 1 is 1.25 bits per heavy atom. The van der Waals surface area contributed by atoms with Gasteiger partial charge in [-0.3, -0.25) is 4.99 Å². The summed E-state index contributed by atoms with van der Waals surface area (Å²) in [5.74, 6) is 1.74. The molecule has 0 aromatic heterocycles. The molecule has 0 saturated carbocycles. The third-order valence-corrected chi connectivity index (χ3v) is 5.21. The highest BCUT2D eigenvalue weighted by molar-refractivity contribution is 14.0. The van der Waals surface area contributed by atoms with Crippen LogP contribution in [0.2, 0.25) is 0 Å². The molecule has 1 saturated heterocycles. The smallest absolute Gasteiger partial charge is 0.191 e. The predicted octanol–water partition coefficient (Wildman–Crippen LogP) is 3.18. The molecule has 1 aromatic rings. The normalized spacial score (nSPS) is 16.6. The van der Waals surface area contributed by atoms with Gasteiger partial charge in [-0.25, -0.2) is 0 Å². The monoisotopic (exact) mass is 504 g/mol. The number of rotatable bonds is 7. The van der Waals surface area contributed by atoms with Crippen molar-refractivity contribution in [1.29, 1.82) is 0 Å². The summed E-state index contributed by atoms with van der Waals surface area (Å²) in [7, 11) is 6.10. The molecule has 2 rings (SSSR count). The van der Waals surface area contributed by atoms with Gasteiger partial charge < -0.3 is 25.0 Å². The molecule has 0 bridgehead atoms. The molecule has 160 valence electrons. The van der Waals surface area contributed by atoms with Crippen LogP contribution in [0.4, 0.5) is 0 Å². The molecular formula is C21H37IN4O2. The zero-order valence-corrected chi connectivity index (χ0v) is 20.5. The lowest BCUT2D eigenvalue weighted by Gasteiger charge is -2.43. The van der Waals surface area contributed by atoms with Crippen LogP contribution in [-0.4, -0.2) is 63.4 Å². The van der Waals surface area contributed by atoms with E-state index in [9.17, 15) is 0 Å². The number of aryl methyl sites for hydroxylation is 1. The maximum absolute atomic E-state index is 5.97. The number of ether oxygens (including phenoxy) is 2. The SMILES string of the molecule is CN=C(NCc1ccc(C)cc1OC(C)C)NCC1(N(C)C)CCOCC1.I. The molecule has 1 aliphatic rings. The fraction of sp³-hybridized carbons (Fsp3) is 0.667. The van der Waals surface area contributed by atoms with Gasteiger partial charge in [0.1, 0.15) is 5.75 Å². The van der Waals surface area contributed by atoms with Crippen LogP contribution < -0.4 is 15.4 Å². The summed E-state index contributed by atoms with van der Waals surface area (Å²) in [6, 6.07) is 6.33. The largest absolute Gasteiger partial charge is 0.491 e. The van der Waals surface area contributed by atoms with Crippen LogP contribution in [0.25, 0.3) is 0 Å². The Balaban J connectivity index is 0.00000392. The van der Waals surface area contributed by atoms with Crippen molar-refractivity contribution in [2.75, 3.05) is 40.9 Å². The first-order valence-corrected chi connectivity index (χ1v) is 9.82. The molecule has 0 atom stereocenters. The van der Waals surface area contributed by atoms with Crippen LogP contribution >= 0.6 is 24.0 Å². The Bertz CT molecular complexity index is 629. The third kappa shape index (κ3) is 7.08. The number of nitrogens with one attached hydrogen (secondary N) is 2. The highest BCUT2D eigenvalue weighted by atomic mass is 127. The first kappa shape index (κ1) is 25.0. The fourth-order valence-electron chi connectivity index (χ4n) is 3.35. The van der Waals surface area contributed by atoms with Crippen molar-refractivity contribution in [1.82, 2.24) is 15.5 Å². The van der Waals surface area contributed by atoms with Crippen LogP contribution in [0.1, 0.15) is 37.8 Å². The fourth-order valence-corrected chi connectivity index (χ4v) is 3.35. The molecule has 1 aromatic carbocycles. The minimum absolute atomic E-state index is 0. The van der Waals surface area contributed by atoms with Crippen LogP contribution in [0.3, 0.4) is 0 Å². The van der Waals surface area contributed by atoms with E-state index in [0.29, 0.717) is 6.54 Å². The highest BCUT2D eigenvalue weighted by Crippen LogP contribution is 2.25. The van der Waals surface area contributed by atoms with Gasteiger partial charge in [-0.15, -0.1) is 24.0 Å². The predicted molar refractivity (Wildman–Crippen MR) is 127 cm³/mol.